The van der Waals surface area contributed by atoms with E-state index in [1.54, 1.807) is 0 Å². The molecule has 2 saturated carbocycles. The first kappa shape index (κ1) is 6.66. The molecule has 0 heterocycles. The van der Waals surface area contributed by atoms with E-state index in [0.717, 1.165) is 5.41 Å². The Morgan fingerprint density at radius 2 is 1.80 bits per heavy atom. The summed E-state index contributed by atoms with van der Waals surface area (Å²) in [6, 6.07) is 0.528. The highest BCUT2D eigenvalue weighted by Gasteiger charge is 2.42. The molecule has 0 saturated heterocycles. The maximum Gasteiger partial charge on any atom is 0.00390 e. The lowest BCUT2D eigenvalue weighted by Crippen LogP contribution is -2.18. The fourth-order valence-electron chi connectivity index (χ4n) is 2.18. The second kappa shape index (κ2) is 2.23. The Labute approximate surface area is 63.0 Å². The van der Waals surface area contributed by atoms with Crippen molar-refractivity contribution in [3.63, 3.8) is 0 Å². The van der Waals surface area contributed by atoms with Crippen LogP contribution in [0.15, 0.2) is 0 Å². The molecule has 2 aliphatic rings. The molecule has 0 amide bonds. The van der Waals surface area contributed by atoms with E-state index < -0.39 is 0 Å². The van der Waals surface area contributed by atoms with Crippen LogP contribution in [0, 0.1) is 5.41 Å². The summed E-state index contributed by atoms with van der Waals surface area (Å²) in [5.41, 5.74) is 6.70. The van der Waals surface area contributed by atoms with E-state index >= 15 is 0 Å². The minimum Gasteiger partial charge on any atom is -0.328 e. The lowest BCUT2D eigenvalue weighted by Gasteiger charge is -2.09. The van der Waals surface area contributed by atoms with Crippen LogP contribution in [0.5, 0.6) is 0 Å². The molecule has 1 heteroatoms. The monoisotopic (exact) mass is 139 g/mol. The van der Waals surface area contributed by atoms with Gasteiger partial charge in [-0.25, -0.2) is 0 Å². The maximum atomic E-state index is 5.88. The van der Waals surface area contributed by atoms with Crippen LogP contribution in [0.2, 0.25) is 0 Å². The molecular formula is C9H17N. The van der Waals surface area contributed by atoms with E-state index in [2.05, 4.69) is 0 Å². The molecule has 1 atom stereocenters. The third-order valence-electron chi connectivity index (χ3n) is 3.28. The van der Waals surface area contributed by atoms with E-state index in [1.165, 1.54) is 44.9 Å². The molecule has 2 fully saturated rings. The molecule has 2 aliphatic carbocycles. The van der Waals surface area contributed by atoms with Gasteiger partial charge < -0.3 is 5.73 Å². The molecule has 10 heavy (non-hydrogen) atoms. The van der Waals surface area contributed by atoms with Crippen LogP contribution in [-0.4, -0.2) is 6.04 Å². The molecule has 0 radical (unpaired) electrons. The van der Waals surface area contributed by atoms with Crippen LogP contribution in [0.25, 0.3) is 0 Å². The number of hydrogen-bond donors (Lipinski definition) is 1. The van der Waals surface area contributed by atoms with Crippen molar-refractivity contribution < 1.29 is 0 Å². The topological polar surface area (TPSA) is 26.0 Å². The smallest absolute Gasteiger partial charge is 0.00390 e. The molecular weight excluding hydrogens is 122 g/mol. The molecule has 2 rings (SSSR count). The first-order valence-electron chi connectivity index (χ1n) is 4.56. The van der Waals surface area contributed by atoms with Crippen molar-refractivity contribution in [2.45, 2.75) is 51.0 Å². The molecule has 1 nitrogen and oxygen atoms in total. The Hall–Kier alpha value is -0.0400. The third-order valence-corrected chi connectivity index (χ3v) is 3.28. The van der Waals surface area contributed by atoms with Crippen LogP contribution in [0.1, 0.15) is 44.9 Å². The van der Waals surface area contributed by atoms with Gasteiger partial charge in [0.05, 0.1) is 0 Å². The maximum absolute atomic E-state index is 5.88. The molecule has 2 N–H and O–H groups in total. The van der Waals surface area contributed by atoms with Crippen molar-refractivity contribution in [1.29, 1.82) is 0 Å². The quantitative estimate of drug-likeness (QED) is 0.546. The normalized spacial score (nSPS) is 37.5. The number of hydrogen-bond acceptors (Lipinski definition) is 1. The van der Waals surface area contributed by atoms with Crippen LogP contribution in [0.4, 0.5) is 0 Å². The molecule has 0 aliphatic heterocycles. The molecule has 0 aromatic heterocycles. The highest BCUT2D eigenvalue weighted by Crippen LogP contribution is 2.54. The first-order valence-corrected chi connectivity index (χ1v) is 4.56. The van der Waals surface area contributed by atoms with Crippen molar-refractivity contribution in [3.8, 4) is 0 Å². The second-order valence-corrected chi connectivity index (χ2v) is 4.19. The van der Waals surface area contributed by atoms with E-state index in [0.29, 0.717) is 6.04 Å². The fourth-order valence-corrected chi connectivity index (χ4v) is 2.18. The van der Waals surface area contributed by atoms with E-state index in [9.17, 15) is 0 Å². The molecule has 1 spiro atoms. The predicted octanol–water partition coefficient (Wildman–Crippen LogP) is 2.06. The Morgan fingerprint density at radius 1 is 1.00 bits per heavy atom. The van der Waals surface area contributed by atoms with Gasteiger partial charge in [0.1, 0.15) is 0 Å². The van der Waals surface area contributed by atoms with Gasteiger partial charge in [0.25, 0.3) is 0 Å². The zero-order valence-corrected chi connectivity index (χ0v) is 6.60. The van der Waals surface area contributed by atoms with Gasteiger partial charge in [0, 0.05) is 6.04 Å². The zero-order valence-electron chi connectivity index (χ0n) is 6.60. The van der Waals surface area contributed by atoms with Gasteiger partial charge in [-0.3, -0.25) is 0 Å². The van der Waals surface area contributed by atoms with Gasteiger partial charge in [-0.15, -0.1) is 0 Å². The summed E-state index contributed by atoms with van der Waals surface area (Å²) in [5, 5.41) is 0. The van der Waals surface area contributed by atoms with Gasteiger partial charge in [0.2, 0.25) is 0 Å². The van der Waals surface area contributed by atoms with Gasteiger partial charge >= 0.3 is 0 Å². The van der Waals surface area contributed by atoms with Gasteiger partial charge in [-0.1, -0.05) is 6.42 Å². The highest BCUT2D eigenvalue weighted by molar-refractivity contribution is 4.95. The van der Waals surface area contributed by atoms with Crippen LogP contribution >= 0.6 is 0 Å². The van der Waals surface area contributed by atoms with E-state index in [1.807, 2.05) is 0 Å². The number of rotatable bonds is 0. The molecule has 0 bridgehead atoms. The van der Waals surface area contributed by atoms with Gasteiger partial charge in [0.15, 0.2) is 0 Å². The second-order valence-electron chi connectivity index (χ2n) is 4.19. The Bertz CT molecular complexity index is 127. The minimum atomic E-state index is 0.528. The lowest BCUT2D eigenvalue weighted by molar-refractivity contribution is 0.436. The third kappa shape index (κ3) is 1.20. The Kier molecular flexibility index (Phi) is 1.48. The summed E-state index contributed by atoms with van der Waals surface area (Å²) in [5.74, 6) is 0. The van der Waals surface area contributed by atoms with Gasteiger partial charge in [-0.2, -0.15) is 0 Å². The van der Waals surface area contributed by atoms with Crippen molar-refractivity contribution in [2.24, 2.45) is 11.1 Å². The summed E-state index contributed by atoms with van der Waals surface area (Å²) in [6.07, 6.45) is 9.86. The Balaban J connectivity index is 1.92. The molecule has 0 aromatic carbocycles. The van der Waals surface area contributed by atoms with Crippen molar-refractivity contribution in [3.05, 3.63) is 0 Å². The SMILES string of the molecule is NC1CCCC2(CC1)CC2. The molecule has 58 valence electrons. The summed E-state index contributed by atoms with van der Waals surface area (Å²) in [7, 11) is 0. The Morgan fingerprint density at radius 3 is 2.50 bits per heavy atom. The summed E-state index contributed by atoms with van der Waals surface area (Å²) in [6.45, 7) is 0. The largest absolute Gasteiger partial charge is 0.328 e. The summed E-state index contributed by atoms with van der Waals surface area (Å²) in [4.78, 5) is 0. The van der Waals surface area contributed by atoms with Crippen LogP contribution in [0.3, 0.4) is 0 Å². The average molecular weight is 139 g/mol. The lowest BCUT2D eigenvalue weighted by atomic mass is 9.97. The van der Waals surface area contributed by atoms with Gasteiger partial charge in [-0.05, 0) is 43.9 Å². The number of nitrogens with two attached hydrogens (primary N) is 1. The first-order chi connectivity index (χ1) is 4.81. The van der Waals surface area contributed by atoms with E-state index in [-0.39, 0.29) is 0 Å². The minimum absolute atomic E-state index is 0.528. The average Bonchev–Trinajstić information content (AvgIpc) is 2.67. The summed E-state index contributed by atoms with van der Waals surface area (Å²) < 4.78 is 0. The van der Waals surface area contributed by atoms with Crippen LogP contribution < -0.4 is 5.73 Å². The van der Waals surface area contributed by atoms with Crippen molar-refractivity contribution >= 4 is 0 Å². The fraction of sp³-hybridized carbons (Fsp3) is 1.00. The molecule has 1 unspecified atom stereocenters. The van der Waals surface area contributed by atoms with E-state index in [4.69, 9.17) is 5.73 Å². The van der Waals surface area contributed by atoms with Crippen molar-refractivity contribution in [1.82, 2.24) is 0 Å². The van der Waals surface area contributed by atoms with Crippen LogP contribution in [-0.2, 0) is 0 Å². The zero-order chi connectivity index (χ0) is 7.03. The standard InChI is InChI=1S/C9H17N/c10-8-2-1-4-9(5-3-8)6-7-9/h8H,1-7,10H2. The highest BCUT2D eigenvalue weighted by atomic mass is 14.6. The molecule has 0 aromatic rings. The summed E-state index contributed by atoms with van der Waals surface area (Å²) >= 11 is 0. The van der Waals surface area contributed by atoms with Crippen molar-refractivity contribution in [2.75, 3.05) is 0 Å². The predicted molar refractivity (Wildman–Crippen MR) is 42.7 cm³/mol.